The number of benzene rings is 2. The average molecular weight is 483 g/mol. The first kappa shape index (κ1) is 25.0. The minimum absolute atomic E-state index is 0.0873. The summed E-state index contributed by atoms with van der Waals surface area (Å²) < 4.78 is 79.0. The van der Waals surface area contributed by atoms with Gasteiger partial charge in [0.2, 0.25) is 0 Å². The van der Waals surface area contributed by atoms with Gasteiger partial charge in [0.05, 0.1) is 17.7 Å². The Bertz CT molecular complexity index is 1160. The van der Waals surface area contributed by atoms with Gasteiger partial charge >= 0.3 is 12.4 Å². The third kappa shape index (κ3) is 6.47. The van der Waals surface area contributed by atoms with E-state index in [1.807, 2.05) is 0 Å². The van der Waals surface area contributed by atoms with Gasteiger partial charge in [-0.2, -0.15) is 26.3 Å². The Morgan fingerprint density at radius 1 is 0.941 bits per heavy atom. The summed E-state index contributed by atoms with van der Waals surface area (Å²) in [4.78, 5) is 16.1. The molecule has 180 valence electrons. The monoisotopic (exact) mass is 483 g/mol. The molecule has 0 unspecified atom stereocenters. The standard InChI is InChI=1S/C23H19F6N3O2/c24-22(25,26)17-5-4-15(19(13-17)23(27,28)29)10-14-6-7-30-20(11-14)32-18-3-1-2-16(12-18)21(34)31-8-9-33/h1-7,11-13,33H,8-10H2,(H,30,32)(H,31,34). The third-order valence-corrected chi connectivity index (χ3v) is 4.76. The summed E-state index contributed by atoms with van der Waals surface area (Å²) >= 11 is 0. The summed E-state index contributed by atoms with van der Waals surface area (Å²) in [6.07, 6.45) is -8.77. The SMILES string of the molecule is O=C(NCCO)c1cccc(Nc2cc(Cc3ccc(C(F)(F)F)cc3C(F)(F)F)ccn2)c1. The summed E-state index contributed by atoms with van der Waals surface area (Å²) in [6.45, 7) is -0.126. The number of carbonyl (C=O) groups excluding carboxylic acids is 1. The van der Waals surface area contributed by atoms with Crippen molar-refractivity contribution in [3.63, 3.8) is 0 Å². The summed E-state index contributed by atoms with van der Waals surface area (Å²) in [5.41, 5.74) is -1.85. The molecule has 3 rings (SSSR count). The maximum Gasteiger partial charge on any atom is 0.416 e. The second-order valence-electron chi connectivity index (χ2n) is 7.28. The number of aliphatic hydroxyl groups is 1. The van der Waals surface area contributed by atoms with Crippen LogP contribution in [0, 0.1) is 0 Å². The summed E-state index contributed by atoms with van der Waals surface area (Å²) in [6, 6.07) is 10.8. The van der Waals surface area contributed by atoms with E-state index in [0.717, 1.165) is 6.07 Å². The second-order valence-corrected chi connectivity index (χ2v) is 7.28. The van der Waals surface area contributed by atoms with Gasteiger partial charge in [-0.25, -0.2) is 4.98 Å². The van der Waals surface area contributed by atoms with E-state index in [1.165, 1.54) is 24.4 Å². The highest BCUT2D eigenvalue weighted by Crippen LogP contribution is 2.38. The van der Waals surface area contributed by atoms with E-state index in [2.05, 4.69) is 15.6 Å². The lowest BCUT2D eigenvalue weighted by Crippen LogP contribution is -2.26. The van der Waals surface area contributed by atoms with Gasteiger partial charge in [-0.15, -0.1) is 0 Å². The molecular formula is C23H19F6N3O2. The molecule has 0 radical (unpaired) electrons. The van der Waals surface area contributed by atoms with Crippen LogP contribution < -0.4 is 10.6 Å². The van der Waals surface area contributed by atoms with Crippen LogP contribution in [-0.2, 0) is 18.8 Å². The number of nitrogens with one attached hydrogen (secondary N) is 2. The van der Waals surface area contributed by atoms with Crippen LogP contribution in [0.15, 0.2) is 60.8 Å². The van der Waals surface area contributed by atoms with Crippen LogP contribution in [0.3, 0.4) is 0 Å². The van der Waals surface area contributed by atoms with Gasteiger partial charge in [-0.1, -0.05) is 12.1 Å². The Morgan fingerprint density at radius 3 is 2.38 bits per heavy atom. The predicted octanol–water partition coefficient (Wildman–Crippen LogP) is 5.18. The van der Waals surface area contributed by atoms with Crippen molar-refractivity contribution >= 4 is 17.4 Å². The van der Waals surface area contributed by atoms with Gasteiger partial charge in [0, 0.05) is 24.0 Å². The molecule has 0 saturated heterocycles. The molecule has 0 fully saturated rings. The summed E-state index contributed by atoms with van der Waals surface area (Å²) in [5.74, 6) is -0.132. The van der Waals surface area contributed by atoms with Crippen molar-refractivity contribution in [2.45, 2.75) is 18.8 Å². The molecule has 0 aliphatic rings. The fraction of sp³-hybridized carbons (Fsp3) is 0.217. The number of rotatable bonds is 7. The van der Waals surface area contributed by atoms with E-state index in [-0.39, 0.29) is 37.0 Å². The zero-order valence-corrected chi connectivity index (χ0v) is 17.5. The maximum absolute atomic E-state index is 13.4. The lowest BCUT2D eigenvalue weighted by Gasteiger charge is -2.16. The van der Waals surface area contributed by atoms with Crippen molar-refractivity contribution < 1.29 is 36.2 Å². The number of aliphatic hydroxyl groups excluding tert-OH is 1. The van der Waals surface area contributed by atoms with E-state index in [1.54, 1.807) is 18.2 Å². The van der Waals surface area contributed by atoms with Gasteiger partial charge in [0.1, 0.15) is 5.82 Å². The van der Waals surface area contributed by atoms with E-state index >= 15 is 0 Å². The van der Waals surface area contributed by atoms with Gasteiger partial charge in [-0.05, 0) is 60.0 Å². The Kier molecular flexibility index (Phi) is 7.45. The fourth-order valence-electron chi connectivity index (χ4n) is 3.20. The Labute approximate surface area is 190 Å². The number of hydrogen-bond donors (Lipinski definition) is 3. The molecule has 34 heavy (non-hydrogen) atoms. The van der Waals surface area contributed by atoms with Gasteiger partial charge in [-0.3, -0.25) is 4.79 Å². The summed E-state index contributed by atoms with van der Waals surface area (Å²) in [7, 11) is 0. The highest BCUT2D eigenvalue weighted by molar-refractivity contribution is 5.95. The molecule has 0 bridgehead atoms. The molecule has 11 heteroatoms. The zero-order valence-electron chi connectivity index (χ0n) is 17.5. The number of halogens is 6. The van der Waals surface area contributed by atoms with Crippen molar-refractivity contribution in [1.29, 1.82) is 0 Å². The van der Waals surface area contributed by atoms with Crippen LogP contribution in [0.25, 0.3) is 0 Å². The first-order valence-electron chi connectivity index (χ1n) is 9.96. The lowest BCUT2D eigenvalue weighted by atomic mass is 9.97. The number of amides is 1. The van der Waals surface area contributed by atoms with E-state index in [0.29, 0.717) is 22.9 Å². The molecule has 0 aliphatic heterocycles. The lowest BCUT2D eigenvalue weighted by molar-refractivity contribution is -0.143. The Balaban J connectivity index is 1.83. The van der Waals surface area contributed by atoms with Crippen molar-refractivity contribution in [1.82, 2.24) is 10.3 Å². The quantitative estimate of drug-likeness (QED) is 0.405. The topological polar surface area (TPSA) is 74.2 Å². The largest absolute Gasteiger partial charge is 0.416 e. The molecule has 1 heterocycles. The minimum atomic E-state index is -4.96. The van der Waals surface area contributed by atoms with Crippen molar-refractivity contribution in [2.75, 3.05) is 18.5 Å². The fourth-order valence-corrected chi connectivity index (χ4v) is 3.20. The highest BCUT2D eigenvalue weighted by Gasteiger charge is 2.38. The van der Waals surface area contributed by atoms with Crippen LogP contribution in [-0.4, -0.2) is 29.1 Å². The van der Waals surface area contributed by atoms with E-state index in [9.17, 15) is 31.1 Å². The van der Waals surface area contributed by atoms with E-state index in [4.69, 9.17) is 5.11 Å². The highest BCUT2D eigenvalue weighted by atomic mass is 19.4. The molecule has 1 aromatic heterocycles. The molecule has 5 nitrogen and oxygen atoms in total. The van der Waals surface area contributed by atoms with Crippen LogP contribution in [0.4, 0.5) is 37.8 Å². The number of hydrogen-bond acceptors (Lipinski definition) is 4. The Hall–Kier alpha value is -3.60. The van der Waals surface area contributed by atoms with E-state index < -0.39 is 29.4 Å². The zero-order chi connectivity index (χ0) is 24.9. The van der Waals surface area contributed by atoms with Gasteiger partial charge in [0.15, 0.2) is 0 Å². The summed E-state index contributed by atoms with van der Waals surface area (Å²) in [5, 5.41) is 14.3. The minimum Gasteiger partial charge on any atom is -0.395 e. The first-order chi connectivity index (χ1) is 16.0. The average Bonchev–Trinajstić information content (AvgIpc) is 2.76. The molecular weight excluding hydrogens is 464 g/mol. The number of aromatic nitrogens is 1. The molecule has 3 N–H and O–H groups in total. The number of alkyl halides is 6. The van der Waals surface area contributed by atoms with Gasteiger partial charge < -0.3 is 15.7 Å². The van der Waals surface area contributed by atoms with Crippen molar-refractivity contribution in [3.8, 4) is 0 Å². The molecule has 0 saturated carbocycles. The van der Waals surface area contributed by atoms with Crippen molar-refractivity contribution in [2.24, 2.45) is 0 Å². The molecule has 0 aliphatic carbocycles. The molecule has 2 aromatic carbocycles. The Morgan fingerprint density at radius 2 is 1.71 bits per heavy atom. The van der Waals surface area contributed by atoms with Crippen LogP contribution in [0.5, 0.6) is 0 Å². The predicted molar refractivity (Wildman–Crippen MR) is 113 cm³/mol. The van der Waals surface area contributed by atoms with Crippen LogP contribution >= 0.6 is 0 Å². The number of carbonyl (C=O) groups is 1. The first-order valence-corrected chi connectivity index (χ1v) is 9.96. The normalized spacial score (nSPS) is 11.9. The number of nitrogens with zero attached hydrogens (tertiary/aromatic N) is 1. The van der Waals surface area contributed by atoms with Gasteiger partial charge in [0.25, 0.3) is 5.91 Å². The molecule has 0 atom stereocenters. The number of pyridine rings is 1. The third-order valence-electron chi connectivity index (χ3n) is 4.76. The van der Waals surface area contributed by atoms with Crippen molar-refractivity contribution in [3.05, 3.63) is 88.6 Å². The van der Waals surface area contributed by atoms with Crippen LogP contribution in [0.1, 0.15) is 32.6 Å². The smallest absolute Gasteiger partial charge is 0.395 e. The second kappa shape index (κ2) is 10.1. The molecule has 1 amide bonds. The number of anilines is 2. The molecule has 0 spiro atoms. The molecule has 3 aromatic rings. The maximum atomic E-state index is 13.4. The van der Waals surface area contributed by atoms with Crippen LogP contribution in [0.2, 0.25) is 0 Å².